The number of H-pyrrole nitrogens is 1. The van der Waals surface area contributed by atoms with Crippen LogP contribution in [-0.4, -0.2) is 41.2 Å². The summed E-state index contributed by atoms with van der Waals surface area (Å²) in [5.74, 6) is 1.04. The summed E-state index contributed by atoms with van der Waals surface area (Å²) in [7, 11) is 2.14. The highest BCUT2D eigenvalue weighted by Gasteiger charge is 2.14. The molecule has 0 amide bonds. The Kier molecular flexibility index (Phi) is 4.36. The summed E-state index contributed by atoms with van der Waals surface area (Å²) in [4.78, 5) is 9.64. The number of imidazole rings is 1. The smallest absolute Gasteiger partial charge is 0.120 e. The van der Waals surface area contributed by atoms with Gasteiger partial charge < -0.3 is 9.72 Å². The third-order valence-electron chi connectivity index (χ3n) is 3.06. The lowest BCUT2D eigenvalue weighted by Gasteiger charge is -2.16. The molecule has 1 fully saturated rings. The molecule has 1 saturated heterocycles. The van der Waals surface area contributed by atoms with Gasteiger partial charge in [-0.05, 0) is 39.3 Å². The molecule has 0 spiro atoms. The fraction of sp³-hybridized carbons (Fsp3) is 0.750. The van der Waals surface area contributed by atoms with Crippen LogP contribution in [-0.2, 0) is 11.3 Å². The van der Waals surface area contributed by atoms with E-state index in [9.17, 15) is 0 Å². The molecule has 1 aliphatic heterocycles. The molecule has 1 aromatic heterocycles. The van der Waals surface area contributed by atoms with E-state index in [1.807, 2.05) is 6.20 Å². The molecule has 1 aromatic rings. The minimum atomic E-state index is 0.525. The van der Waals surface area contributed by atoms with Crippen LogP contribution in [0.25, 0.3) is 0 Å². The molecule has 2 rings (SSSR count). The van der Waals surface area contributed by atoms with Crippen LogP contribution in [0.3, 0.4) is 0 Å². The molecule has 0 saturated carbocycles. The number of nitrogens with zero attached hydrogens (tertiary/aromatic N) is 2. The van der Waals surface area contributed by atoms with Crippen LogP contribution in [0.2, 0.25) is 0 Å². The maximum Gasteiger partial charge on any atom is 0.120 e. The molecule has 16 heavy (non-hydrogen) atoms. The fourth-order valence-corrected chi connectivity index (χ4v) is 2.18. The van der Waals surface area contributed by atoms with Crippen LogP contribution in [0.5, 0.6) is 0 Å². The molecule has 1 aliphatic rings. The van der Waals surface area contributed by atoms with E-state index >= 15 is 0 Å². The first-order valence-corrected chi connectivity index (χ1v) is 6.13. The Labute approximate surface area is 97.0 Å². The minimum absolute atomic E-state index is 0.525. The molecule has 1 atom stereocenters. The van der Waals surface area contributed by atoms with Crippen molar-refractivity contribution in [3.8, 4) is 0 Å². The van der Waals surface area contributed by atoms with Gasteiger partial charge in [-0.2, -0.15) is 0 Å². The molecular formula is C12H21N3O. The maximum absolute atomic E-state index is 5.60. The lowest BCUT2D eigenvalue weighted by molar-refractivity contribution is 0.0994. The Balaban J connectivity index is 1.58. The van der Waals surface area contributed by atoms with Crippen molar-refractivity contribution in [1.82, 2.24) is 14.9 Å². The van der Waals surface area contributed by atoms with Gasteiger partial charge >= 0.3 is 0 Å². The third kappa shape index (κ3) is 3.61. The molecule has 4 nitrogen and oxygen atoms in total. The van der Waals surface area contributed by atoms with Gasteiger partial charge in [0.2, 0.25) is 0 Å². The maximum atomic E-state index is 5.60. The first kappa shape index (κ1) is 11.6. The van der Waals surface area contributed by atoms with Crippen molar-refractivity contribution in [1.29, 1.82) is 0 Å². The Morgan fingerprint density at radius 3 is 3.25 bits per heavy atom. The van der Waals surface area contributed by atoms with Crippen molar-refractivity contribution in [2.75, 3.05) is 20.2 Å². The van der Waals surface area contributed by atoms with E-state index < -0.39 is 0 Å². The van der Waals surface area contributed by atoms with E-state index in [1.165, 1.54) is 25.7 Å². The Morgan fingerprint density at radius 1 is 1.62 bits per heavy atom. The number of aromatic nitrogens is 2. The third-order valence-corrected chi connectivity index (χ3v) is 3.06. The van der Waals surface area contributed by atoms with Crippen LogP contribution in [0.1, 0.15) is 31.5 Å². The first-order chi connectivity index (χ1) is 7.84. The largest absolute Gasteiger partial charge is 0.378 e. The van der Waals surface area contributed by atoms with Crippen molar-refractivity contribution in [2.24, 2.45) is 0 Å². The van der Waals surface area contributed by atoms with Gasteiger partial charge in [-0.15, -0.1) is 0 Å². The molecule has 90 valence electrons. The average molecular weight is 223 g/mol. The summed E-state index contributed by atoms with van der Waals surface area (Å²) >= 11 is 0. The second-order valence-electron chi connectivity index (χ2n) is 4.55. The molecule has 4 heteroatoms. The highest BCUT2D eigenvalue weighted by atomic mass is 16.5. The van der Waals surface area contributed by atoms with Gasteiger partial charge in [0.25, 0.3) is 0 Å². The van der Waals surface area contributed by atoms with Gasteiger partial charge in [-0.25, -0.2) is 4.98 Å². The lowest BCUT2D eigenvalue weighted by Crippen LogP contribution is -2.21. The number of aromatic amines is 1. The van der Waals surface area contributed by atoms with Crippen molar-refractivity contribution in [3.05, 3.63) is 18.2 Å². The SMILES string of the molecule is CN(CCC[C@@H]1CCCO1)Cc1ncc[nH]1. The molecule has 2 heterocycles. The fourth-order valence-electron chi connectivity index (χ4n) is 2.18. The number of rotatable bonds is 6. The minimum Gasteiger partial charge on any atom is -0.378 e. The van der Waals surface area contributed by atoms with Gasteiger partial charge in [0, 0.05) is 19.0 Å². The topological polar surface area (TPSA) is 41.1 Å². The highest BCUT2D eigenvalue weighted by molar-refractivity contribution is 4.86. The van der Waals surface area contributed by atoms with E-state index in [2.05, 4.69) is 21.9 Å². The average Bonchev–Trinajstić information content (AvgIpc) is 2.90. The van der Waals surface area contributed by atoms with E-state index in [1.54, 1.807) is 6.20 Å². The summed E-state index contributed by atoms with van der Waals surface area (Å²) < 4.78 is 5.60. The van der Waals surface area contributed by atoms with Gasteiger partial charge in [0.1, 0.15) is 5.82 Å². The monoisotopic (exact) mass is 223 g/mol. The van der Waals surface area contributed by atoms with Crippen molar-refractivity contribution in [2.45, 2.75) is 38.3 Å². The van der Waals surface area contributed by atoms with Gasteiger partial charge in [-0.1, -0.05) is 0 Å². The van der Waals surface area contributed by atoms with Crippen LogP contribution < -0.4 is 0 Å². The zero-order valence-electron chi connectivity index (χ0n) is 9.98. The second-order valence-corrected chi connectivity index (χ2v) is 4.55. The quantitative estimate of drug-likeness (QED) is 0.799. The molecule has 0 bridgehead atoms. The number of nitrogens with one attached hydrogen (secondary N) is 1. The summed E-state index contributed by atoms with van der Waals surface area (Å²) in [6.07, 6.45) is 9.10. The zero-order valence-corrected chi connectivity index (χ0v) is 9.98. The second kappa shape index (κ2) is 6.01. The van der Waals surface area contributed by atoms with Crippen molar-refractivity contribution >= 4 is 0 Å². The number of hydrogen-bond acceptors (Lipinski definition) is 3. The standard InChI is InChI=1S/C12H21N3O/c1-15(10-12-13-6-7-14-12)8-2-4-11-5-3-9-16-11/h6-7,11H,2-5,8-10H2,1H3,(H,13,14)/t11-/m1/s1. The summed E-state index contributed by atoms with van der Waals surface area (Å²) in [6, 6.07) is 0. The molecule has 1 N–H and O–H groups in total. The Bertz CT molecular complexity index is 280. The Hall–Kier alpha value is -0.870. The summed E-state index contributed by atoms with van der Waals surface area (Å²) in [6.45, 7) is 2.98. The number of ether oxygens (including phenoxy) is 1. The zero-order chi connectivity index (χ0) is 11.2. The Morgan fingerprint density at radius 2 is 2.56 bits per heavy atom. The van der Waals surface area contributed by atoms with Gasteiger partial charge in [-0.3, -0.25) is 4.90 Å². The van der Waals surface area contributed by atoms with Crippen molar-refractivity contribution < 1.29 is 4.74 Å². The molecule has 0 aliphatic carbocycles. The van der Waals surface area contributed by atoms with Gasteiger partial charge in [0.05, 0.1) is 12.6 Å². The molecule has 0 aromatic carbocycles. The van der Waals surface area contributed by atoms with E-state index in [4.69, 9.17) is 4.74 Å². The van der Waals surface area contributed by atoms with Crippen LogP contribution in [0, 0.1) is 0 Å². The predicted octanol–water partition coefficient (Wildman–Crippen LogP) is 1.80. The van der Waals surface area contributed by atoms with Crippen molar-refractivity contribution in [3.63, 3.8) is 0 Å². The van der Waals surface area contributed by atoms with Crippen LogP contribution in [0.4, 0.5) is 0 Å². The van der Waals surface area contributed by atoms with E-state index in [0.29, 0.717) is 6.10 Å². The summed E-state index contributed by atoms with van der Waals surface area (Å²) in [5, 5.41) is 0. The summed E-state index contributed by atoms with van der Waals surface area (Å²) in [5.41, 5.74) is 0. The highest BCUT2D eigenvalue weighted by Crippen LogP contribution is 2.16. The van der Waals surface area contributed by atoms with Gasteiger partial charge in [0.15, 0.2) is 0 Å². The molecular weight excluding hydrogens is 202 g/mol. The predicted molar refractivity (Wildman–Crippen MR) is 63.1 cm³/mol. The number of hydrogen-bond donors (Lipinski definition) is 1. The first-order valence-electron chi connectivity index (χ1n) is 6.13. The van der Waals surface area contributed by atoms with E-state index in [-0.39, 0.29) is 0 Å². The van der Waals surface area contributed by atoms with Crippen LogP contribution >= 0.6 is 0 Å². The molecule has 0 unspecified atom stereocenters. The lowest BCUT2D eigenvalue weighted by atomic mass is 10.1. The van der Waals surface area contributed by atoms with E-state index in [0.717, 1.165) is 25.5 Å². The van der Waals surface area contributed by atoms with Crippen LogP contribution in [0.15, 0.2) is 12.4 Å². The normalized spacial score (nSPS) is 20.8. The molecule has 0 radical (unpaired) electrons.